The van der Waals surface area contributed by atoms with Crippen molar-refractivity contribution in [3.8, 4) is 11.5 Å². The highest BCUT2D eigenvalue weighted by Crippen LogP contribution is 2.45. The smallest absolute Gasteiger partial charge is 0.261 e. The van der Waals surface area contributed by atoms with Gasteiger partial charge >= 0.3 is 0 Å². The Balaban J connectivity index is 1.38. The van der Waals surface area contributed by atoms with Crippen molar-refractivity contribution in [1.29, 1.82) is 0 Å². The summed E-state index contributed by atoms with van der Waals surface area (Å²) in [5.74, 6) is 1.19. The summed E-state index contributed by atoms with van der Waals surface area (Å²) >= 11 is 6.01. The van der Waals surface area contributed by atoms with Gasteiger partial charge in [0.25, 0.3) is 5.91 Å². The first-order valence-electron chi connectivity index (χ1n) is 14.5. The molecule has 10 heteroatoms. The van der Waals surface area contributed by atoms with Crippen LogP contribution in [0.5, 0.6) is 11.5 Å². The van der Waals surface area contributed by atoms with Crippen molar-refractivity contribution >= 4 is 39.3 Å². The first kappa shape index (κ1) is 29.4. The van der Waals surface area contributed by atoms with E-state index in [1.54, 1.807) is 31.4 Å². The van der Waals surface area contributed by atoms with Gasteiger partial charge in [0, 0.05) is 17.5 Å². The number of sulfonamides is 1. The Labute approximate surface area is 257 Å². The second-order valence-corrected chi connectivity index (χ2v) is 13.4. The zero-order valence-corrected chi connectivity index (χ0v) is 25.7. The van der Waals surface area contributed by atoms with E-state index in [0.717, 1.165) is 53.2 Å². The molecule has 1 amide bonds. The van der Waals surface area contributed by atoms with Crippen molar-refractivity contribution in [2.75, 3.05) is 20.8 Å². The maximum atomic E-state index is 14.4. The summed E-state index contributed by atoms with van der Waals surface area (Å²) in [5.41, 5.74) is 3.95. The van der Waals surface area contributed by atoms with Crippen molar-refractivity contribution in [3.05, 3.63) is 94.5 Å². The molecule has 224 valence electrons. The number of carbonyl (C=O) groups is 1. The highest BCUT2D eigenvalue weighted by Gasteiger charge is 2.48. The number of hydrogen-bond donors (Lipinski definition) is 0. The molecule has 0 unspecified atom stereocenters. The number of hydrazone groups is 1. The van der Waals surface area contributed by atoms with Gasteiger partial charge in [-0.2, -0.15) is 9.41 Å². The van der Waals surface area contributed by atoms with Crippen LogP contribution in [0.1, 0.15) is 49.3 Å². The topological polar surface area (TPSA) is 88.5 Å². The predicted octanol–water partition coefficient (Wildman–Crippen LogP) is 6.33. The number of ether oxygens (including phenoxy) is 2. The van der Waals surface area contributed by atoms with Crippen LogP contribution in [0.4, 0.5) is 0 Å². The van der Waals surface area contributed by atoms with Gasteiger partial charge in [0.05, 0.1) is 30.9 Å². The van der Waals surface area contributed by atoms with Crippen LogP contribution in [0.3, 0.4) is 0 Å². The van der Waals surface area contributed by atoms with Crippen LogP contribution in [0.2, 0.25) is 5.02 Å². The van der Waals surface area contributed by atoms with E-state index >= 15 is 0 Å². The first-order chi connectivity index (χ1) is 20.8. The molecule has 2 aliphatic heterocycles. The van der Waals surface area contributed by atoms with E-state index in [4.69, 9.17) is 26.2 Å². The summed E-state index contributed by atoms with van der Waals surface area (Å²) in [6.07, 6.45) is 5.83. The predicted molar refractivity (Wildman–Crippen MR) is 167 cm³/mol. The summed E-state index contributed by atoms with van der Waals surface area (Å²) < 4.78 is 39.4. The number of hydrogen-bond acceptors (Lipinski definition) is 6. The van der Waals surface area contributed by atoms with Crippen LogP contribution >= 0.6 is 11.6 Å². The van der Waals surface area contributed by atoms with Crippen molar-refractivity contribution in [2.45, 2.75) is 49.1 Å². The standard InChI is InChI=1S/C33H34ClN3O5S/c1-41-26-14-8-22(9-15-26)21-24-5-3-6-29-31(24)35-37(32(29)23-10-16-27(42-2)17-11-23)33(38)30-7-4-20-36(30)43(39,40)28-18-12-25(34)13-19-28/h8-19,21,29-30,32H,3-7,20H2,1-2H3/b24-21+/t29-,30+,32+/m1/s1. The van der Waals surface area contributed by atoms with Gasteiger partial charge in [0.1, 0.15) is 17.5 Å². The van der Waals surface area contributed by atoms with Gasteiger partial charge in [0.15, 0.2) is 0 Å². The molecule has 2 fully saturated rings. The monoisotopic (exact) mass is 619 g/mol. The Morgan fingerprint density at radius 1 is 0.907 bits per heavy atom. The molecule has 1 aliphatic carbocycles. The number of halogens is 1. The Morgan fingerprint density at radius 2 is 1.56 bits per heavy atom. The quantitative estimate of drug-likeness (QED) is 0.308. The van der Waals surface area contributed by atoms with E-state index in [-0.39, 0.29) is 29.3 Å². The SMILES string of the molecule is COc1ccc(/C=C2\CCC[C@@H]3C2=NN(C(=O)[C@@H]2CCCN2S(=O)(=O)c2ccc(Cl)cc2)[C@H]3c2ccc(OC)cc2)cc1. The summed E-state index contributed by atoms with van der Waals surface area (Å²) in [7, 11) is -0.651. The Hall–Kier alpha value is -3.66. The van der Waals surface area contributed by atoms with E-state index < -0.39 is 16.1 Å². The Kier molecular flexibility index (Phi) is 8.31. The summed E-state index contributed by atoms with van der Waals surface area (Å²) in [6, 6.07) is 20.5. The number of allylic oxidation sites excluding steroid dienone is 1. The van der Waals surface area contributed by atoms with Crippen molar-refractivity contribution in [3.63, 3.8) is 0 Å². The van der Waals surface area contributed by atoms with Gasteiger partial charge in [-0.15, -0.1) is 0 Å². The number of benzene rings is 3. The van der Waals surface area contributed by atoms with Gasteiger partial charge in [-0.3, -0.25) is 4.79 Å². The molecule has 2 heterocycles. The lowest BCUT2D eigenvalue weighted by molar-refractivity contribution is -0.137. The van der Waals surface area contributed by atoms with Crippen LogP contribution < -0.4 is 9.47 Å². The second kappa shape index (κ2) is 12.1. The number of nitrogens with zero attached hydrogens (tertiary/aromatic N) is 3. The highest BCUT2D eigenvalue weighted by atomic mass is 35.5. The average Bonchev–Trinajstić information content (AvgIpc) is 3.68. The lowest BCUT2D eigenvalue weighted by Crippen LogP contribution is -2.46. The molecule has 0 spiro atoms. The van der Waals surface area contributed by atoms with Gasteiger partial charge in [0.2, 0.25) is 10.0 Å². The molecule has 8 nitrogen and oxygen atoms in total. The number of fused-ring (bicyclic) bond motifs is 1. The molecular weight excluding hydrogens is 586 g/mol. The number of amides is 1. The van der Waals surface area contributed by atoms with E-state index in [0.29, 0.717) is 17.9 Å². The maximum Gasteiger partial charge on any atom is 0.261 e. The molecule has 3 aromatic carbocycles. The van der Waals surface area contributed by atoms with Crippen molar-refractivity contribution in [2.24, 2.45) is 11.0 Å². The van der Waals surface area contributed by atoms with E-state index in [1.165, 1.54) is 16.4 Å². The molecule has 0 radical (unpaired) electrons. The van der Waals surface area contributed by atoms with Gasteiger partial charge in [-0.05, 0) is 103 Å². The van der Waals surface area contributed by atoms with Crippen LogP contribution in [0.25, 0.3) is 6.08 Å². The zero-order valence-electron chi connectivity index (χ0n) is 24.1. The van der Waals surface area contributed by atoms with Gasteiger partial charge < -0.3 is 9.47 Å². The van der Waals surface area contributed by atoms with Crippen LogP contribution in [-0.2, 0) is 14.8 Å². The third-order valence-electron chi connectivity index (χ3n) is 8.55. The summed E-state index contributed by atoms with van der Waals surface area (Å²) in [6.45, 7) is 0.269. The van der Waals surface area contributed by atoms with Crippen LogP contribution in [-0.4, -0.2) is 56.2 Å². The fourth-order valence-electron chi connectivity index (χ4n) is 6.39. The minimum Gasteiger partial charge on any atom is -0.497 e. The molecule has 1 saturated heterocycles. The molecule has 3 aliphatic rings. The molecule has 1 saturated carbocycles. The molecule has 3 atom stereocenters. The molecule has 43 heavy (non-hydrogen) atoms. The fraction of sp³-hybridized carbons (Fsp3) is 0.333. The summed E-state index contributed by atoms with van der Waals surface area (Å²) in [5, 5.41) is 7.02. The fourth-order valence-corrected chi connectivity index (χ4v) is 8.16. The van der Waals surface area contributed by atoms with Crippen LogP contribution in [0.15, 0.2) is 88.4 Å². The minimum absolute atomic E-state index is 0.0154. The largest absolute Gasteiger partial charge is 0.497 e. The summed E-state index contributed by atoms with van der Waals surface area (Å²) in [4.78, 5) is 14.5. The van der Waals surface area contributed by atoms with Crippen molar-refractivity contribution in [1.82, 2.24) is 9.31 Å². The highest BCUT2D eigenvalue weighted by molar-refractivity contribution is 7.89. The first-order valence-corrected chi connectivity index (χ1v) is 16.3. The molecule has 0 aromatic heterocycles. The van der Waals surface area contributed by atoms with Crippen LogP contribution in [0, 0.1) is 5.92 Å². The maximum absolute atomic E-state index is 14.4. The Bertz CT molecular complexity index is 1650. The molecule has 0 N–H and O–H groups in total. The third-order valence-corrected chi connectivity index (χ3v) is 10.7. The van der Waals surface area contributed by atoms with Gasteiger partial charge in [-0.25, -0.2) is 13.4 Å². The third kappa shape index (κ3) is 5.69. The normalized spacial score (nSPS) is 23.2. The number of carbonyl (C=O) groups excluding carboxylic acids is 1. The van der Waals surface area contributed by atoms with Crippen molar-refractivity contribution < 1.29 is 22.7 Å². The molecule has 6 rings (SSSR count). The van der Waals surface area contributed by atoms with E-state index in [1.807, 2.05) is 48.5 Å². The van der Waals surface area contributed by atoms with Gasteiger partial charge in [-0.1, -0.05) is 35.9 Å². The Morgan fingerprint density at radius 3 is 2.21 bits per heavy atom. The zero-order chi connectivity index (χ0) is 30.1. The van der Waals surface area contributed by atoms with E-state index in [2.05, 4.69) is 6.08 Å². The molecule has 3 aromatic rings. The number of methoxy groups -OCH3 is 2. The number of rotatable bonds is 7. The average molecular weight is 620 g/mol. The molecular formula is C33H34ClN3O5S. The van der Waals surface area contributed by atoms with E-state index in [9.17, 15) is 13.2 Å². The lowest BCUT2D eigenvalue weighted by Gasteiger charge is -2.32. The second-order valence-electron chi connectivity index (χ2n) is 11.1. The minimum atomic E-state index is -3.91. The lowest BCUT2D eigenvalue weighted by atomic mass is 9.77. The molecule has 0 bridgehead atoms.